The molecule has 0 atom stereocenters. The van der Waals surface area contributed by atoms with Gasteiger partial charge in [0, 0.05) is 6.54 Å². The number of ether oxygens (including phenoxy) is 1. The van der Waals surface area contributed by atoms with E-state index in [0.29, 0.717) is 17.4 Å². The van der Waals surface area contributed by atoms with Gasteiger partial charge in [-0.2, -0.15) is 0 Å². The normalized spacial score (nSPS) is 16.4. The van der Waals surface area contributed by atoms with Gasteiger partial charge in [-0.1, -0.05) is 25.7 Å². The van der Waals surface area contributed by atoms with Gasteiger partial charge in [0.15, 0.2) is 0 Å². The predicted molar refractivity (Wildman–Crippen MR) is 79.3 cm³/mol. The molecule has 2 rings (SSSR count). The van der Waals surface area contributed by atoms with Crippen molar-refractivity contribution < 1.29 is 9.66 Å². The number of benzene rings is 1. The summed E-state index contributed by atoms with van der Waals surface area (Å²) < 4.78 is 5.04. The van der Waals surface area contributed by atoms with Crippen LogP contribution in [-0.4, -0.2) is 18.6 Å². The van der Waals surface area contributed by atoms with Gasteiger partial charge < -0.3 is 10.1 Å². The predicted octanol–water partition coefficient (Wildman–Crippen LogP) is 3.99. The minimum Gasteiger partial charge on any atom is -0.496 e. The largest absolute Gasteiger partial charge is 0.496 e. The van der Waals surface area contributed by atoms with E-state index >= 15 is 0 Å². The number of hydrogen-bond donors (Lipinski definition) is 1. The van der Waals surface area contributed by atoms with E-state index < -0.39 is 0 Å². The van der Waals surface area contributed by atoms with Crippen molar-refractivity contribution in [3.8, 4) is 5.75 Å². The van der Waals surface area contributed by atoms with E-state index in [4.69, 9.17) is 4.74 Å². The Kier molecular flexibility index (Phi) is 5.21. The molecule has 0 bridgehead atoms. The first-order chi connectivity index (χ1) is 9.70. The van der Waals surface area contributed by atoms with Crippen molar-refractivity contribution in [1.82, 2.24) is 0 Å². The van der Waals surface area contributed by atoms with E-state index in [0.717, 1.165) is 6.54 Å². The van der Waals surface area contributed by atoms with Crippen molar-refractivity contribution in [2.45, 2.75) is 38.5 Å². The number of nitrogens with zero attached hydrogens (tertiary/aromatic N) is 1. The van der Waals surface area contributed by atoms with E-state index in [1.807, 2.05) is 0 Å². The van der Waals surface area contributed by atoms with Crippen LogP contribution in [0.1, 0.15) is 38.5 Å². The Hall–Kier alpha value is -1.78. The summed E-state index contributed by atoms with van der Waals surface area (Å²) in [6.45, 7) is 0.813. The van der Waals surface area contributed by atoms with Crippen LogP contribution >= 0.6 is 0 Å². The van der Waals surface area contributed by atoms with Crippen molar-refractivity contribution >= 4 is 11.4 Å². The topological polar surface area (TPSA) is 64.4 Å². The SMILES string of the molecule is COc1ccc(NCC2CCCCCC2)c([N+](=O)[O-])c1. The molecule has 0 amide bonds. The van der Waals surface area contributed by atoms with Gasteiger partial charge in [0.2, 0.25) is 0 Å². The summed E-state index contributed by atoms with van der Waals surface area (Å²) >= 11 is 0. The molecule has 5 heteroatoms. The first kappa shape index (κ1) is 14.6. The third-order valence-electron chi connectivity index (χ3n) is 3.96. The smallest absolute Gasteiger partial charge is 0.296 e. The molecule has 0 saturated heterocycles. The molecular weight excluding hydrogens is 256 g/mol. The molecule has 5 nitrogen and oxygen atoms in total. The molecule has 0 unspecified atom stereocenters. The van der Waals surface area contributed by atoms with Crippen LogP contribution in [0.5, 0.6) is 5.75 Å². The fourth-order valence-corrected chi connectivity index (χ4v) is 2.76. The van der Waals surface area contributed by atoms with Gasteiger partial charge in [-0.25, -0.2) is 0 Å². The number of hydrogen-bond acceptors (Lipinski definition) is 4. The lowest BCUT2D eigenvalue weighted by molar-refractivity contribution is -0.384. The van der Waals surface area contributed by atoms with Crippen molar-refractivity contribution in [3.05, 3.63) is 28.3 Å². The van der Waals surface area contributed by atoms with E-state index in [1.165, 1.54) is 51.7 Å². The minimum atomic E-state index is -0.363. The molecule has 20 heavy (non-hydrogen) atoms. The van der Waals surface area contributed by atoms with E-state index in [9.17, 15) is 10.1 Å². The number of rotatable bonds is 5. The highest BCUT2D eigenvalue weighted by Crippen LogP contribution is 2.30. The molecule has 0 spiro atoms. The lowest BCUT2D eigenvalue weighted by atomic mass is 10.0. The highest BCUT2D eigenvalue weighted by Gasteiger charge is 2.17. The van der Waals surface area contributed by atoms with Gasteiger partial charge in [-0.3, -0.25) is 10.1 Å². The number of nitro groups is 1. The van der Waals surface area contributed by atoms with Crippen molar-refractivity contribution in [3.63, 3.8) is 0 Å². The zero-order valence-corrected chi connectivity index (χ0v) is 11.9. The monoisotopic (exact) mass is 278 g/mol. The summed E-state index contributed by atoms with van der Waals surface area (Å²) in [4.78, 5) is 10.7. The number of anilines is 1. The Labute approximate surface area is 119 Å². The summed E-state index contributed by atoms with van der Waals surface area (Å²) in [6.07, 6.45) is 7.63. The summed E-state index contributed by atoms with van der Waals surface area (Å²) in [5.41, 5.74) is 0.665. The fourth-order valence-electron chi connectivity index (χ4n) is 2.76. The van der Waals surface area contributed by atoms with Crippen LogP contribution in [0.4, 0.5) is 11.4 Å². The summed E-state index contributed by atoms with van der Waals surface area (Å²) in [7, 11) is 1.51. The van der Waals surface area contributed by atoms with Crippen molar-refractivity contribution in [2.24, 2.45) is 5.92 Å². The zero-order valence-electron chi connectivity index (χ0n) is 11.9. The third-order valence-corrected chi connectivity index (χ3v) is 3.96. The van der Waals surface area contributed by atoms with Crippen molar-refractivity contribution in [2.75, 3.05) is 19.0 Å². The second-order valence-corrected chi connectivity index (χ2v) is 5.38. The Balaban J connectivity index is 2.02. The Morgan fingerprint density at radius 3 is 2.60 bits per heavy atom. The number of nitro benzene ring substituents is 1. The van der Waals surface area contributed by atoms with E-state index in [-0.39, 0.29) is 10.6 Å². The first-order valence-electron chi connectivity index (χ1n) is 7.27. The third kappa shape index (κ3) is 3.85. The Bertz CT molecular complexity index is 454. The van der Waals surface area contributed by atoms with Crippen LogP contribution in [0.2, 0.25) is 0 Å². The lowest BCUT2D eigenvalue weighted by Crippen LogP contribution is -2.14. The highest BCUT2D eigenvalue weighted by atomic mass is 16.6. The minimum absolute atomic E-state index is 0.0815. The molecule has 1 N–H and O–H groups in total. The van der Waals surface area contributed by atoms with Gasteiger partial charge in [-0.05, 0) is 30.9 Å². The molecule has 1 fully saturated rings. The molecule has 110 valence electrons. The van der Waals surface area contributed by atoms with Gasteiger partial charge in [0.25, 0.3) is 5.69 Å². The average Bonchev–Trinajstić information content (AvgIpc) is 2.73. The maximum Gasteiger partial charge on any atom is 0.296 e. The summed E-state index contributed by atoms with van der Waals surface area (Å²) in [5, 5.41) is 14.4. The Morgan fingerprint density at radius 1 is 1.30 bits per heavy atom. The maximum atomic E-state index is 11.1. The van der Waals surface area contributed by atoms with Crippen LogP contribution in [0.25, 0.3) is 0 Å². The van der Waals surface area contributed by atoms with Gasteiger partial charge in [0.05, 0.1) is 18.1 Å². The summed E-state index contributed by atoms with van der Waals surface area (Å²) in [6, 6.07) is 4.95. The molecule has 1 aromatic rings. The molecule has 0 aromatic heterocycles. The van der Waals surface area contributed by atoms with Crippen LogP contribution in [0.15, 0.2) is 18.2 Å². The van der Waals surface area contributed by atoms with Crippen molar-refractivity contribution in [1.29, 1.82) is 0 Å². The molecule has 0 heterocycles. The highest BCUT2D eigenvalue weighted by molar-refractivity contribution is 5.63. The number of nitrogens with one attached hydrogen (secondary N) is 1. The second kappa shape index (κ2) is 7.12. The molecule has 0 aliphatic heterocycles. The quantitative estimate of drug-likeness (QED) is 0.502. The molecule has 1 aromatic carbocycles. The van der Waals surface area contributed by atoms with Gasteiger partial charge >= 0.3 is 0 Å². The van der Waals surface area contributed by atoms with Crippen LogP contribution < -0.4 is 10.1 Å². The van der Waals surface area contributed by atoms with Gasteiger partial charge in [-0.15, -0.1) is 0 Å². The standard InChI is InChI=1S/C15H22N2O3/c1-20-13-8-9-14(15(10-13)17(18)19)16-11-12-6-4-2-3-5-7-12/h8-10,12,16H,2-7,11H2,1H3. The first-order valence-corrected chi connectivity index (χ1v) is 7.27. The molecule has 1 saturated carbocycles. The molecule has 1 aliphatic carbocycles. The van der Waals surface area contributed by atoms with E-state index in [1.54, 1.807) is 12.1 Å². The summed E-state index contributed by atoms with van der Waals surface area (Å²) in [5.74, 6) is 1.14. The van der Waals surface area contributed by atoms with E-state index in [2.05, 4.69) is 5.32 Å². The molecular formula is C15H22N2O3. The van der Waals surface area contributed by atoms with Gasteiger partial charge in [0.1, 0.15) is 11.4 Å². The van der Waals surface area contributed by atoms with Crippen LogP contribution in [-0.2, 0) is 0 Å². The fraction of sp³-hybridized carbons (Fsp3) is 0.600. The maximum absolute atomic E-state index is 11.1. The second-order valence-electron chi connectivity index (χ2n) is 5.38. The Morgan fingerprint density at radius 2 is 2.00 bits per heavy atom. The lowest BCUT2D eigenvalue weighted by Gasteiger charge is -2.16. The average molecular weight is 278 g/mol. The zero-order chi connectivity index (χ0) is 14.4. The molecule has 1 aliphatic rings. The molecule has 0 radical (unpaired) electrons. The van der Waals surface area contributed by atoms with Crippen LogP contribution in [0, 0.1) is 16.0 Å². The number of methoxy groups -OCH3 is 1. The van der Waals surface area contributed by atoms with Crippen LogP contribution in [0.3, 0.4) is 0 Å².